The van der Waals surface area contributed by atoms with Crippen LogP contribution >= 0.6 is 0 Å². The first-order chi connectivity index (χ1) is 11.3. The van der Waals surface area contributed by atoms with E-state index in [-0.39, 0.29) is 29.7 Å². The fourth-order valence-corrected chi connectivity index (χ4v) is 2.28. The third-order valence-corrected chi connectivity index (χ3v) is 3.31. The Morgan fingerprint density at radius 2 is 1.71 bits per heavy atom. The summed E-state index contributed by atoms with van der Waals surface area (Å²) in [4.78, 5) is 33.5. The normalized spacial score (nSPS) is 10.3. The molecule has 0 atom stereocenters. The highest BCUT2D eigenvalue weighted by atomic mass is 16.6. The van der Waals surface area contributed by atoms with Crippen LogP contribution in [0, 0.1) is 24.0 Å². The molecule has 2 amide bonds. The molecule has 0 saturated carbocycles. The van der Waals surface area contributed by atoms with Crippen molar-refractivity contribution in [3.63, 3.8) is 0 Å². The van der Waals surface area contributed by atoms with Crippen LogP contribution in [0.15, 0.2) is 24.3 Å². The van der Waals surface area contributed by atoms with Gasteiger partial charge in [0.25, 0.3) is 0 Å². The molecule has 24 heavy (non-hydrogen) atoms. The van der Waals surface area contributed by atoms with Gasteiger partial charge in [-0.05, 0) is 38.1 Å². The standard InChI is InChI=1S/C15H17N5O4/c1-9-15(20(23)24)10(2)19(18-9)8-14(22)17-13-6-4-12(5-7-13)16-11(3)21/h4-7H,8H2,1-3H3,(H,16,21)(H,17,22). The highest BCUT2D eigenvalue weighted by Crippen LogP contribution is 2.21. The van der Waals surface area contributed by atoms with Crippen LogP contribution in [0.3, 0.4) is 0 Å². The van der Waals surface area contributed by atoms with Crippen LogP contribution in [0.1, 0.15) is 18.3 Å². The molecule has 0 spiro atoms. The molecule has 9 heteroatoms. The Kier molecular flexibility index (Phi) is 4.93. The largest absolute Gasteiger partial charge is 0.326 e. The van der Waals surface area contributed by atoms with E-state index in [4.69, 9.17) is 0 Å². The van der Waals surface area contributed by atoms with Crippen LogP contribution in [0.25, 0.3) is 0 Å². The van der Waals surface area contributed by atoms with Crippen molar-refractivity contribution in [3.8, 4) is 0 Å². The lowest BCUT2D eigenvalue weighted by Gasteiger charge is -2.08. The van der Waals surface area contributed by atoms with Gasteiger partial charge in [-0.3, -0.25) is 24.4 Å². The predicted molar refractivity (Wildman–Crippen MR) is 87.7 cm³/mol. The minimum absolute atomic E-state index is 0.0811. The van der Waals surface area contributed by atoms with E-state index in [0.717, 1.165) is 0 Å². The lowest BCUT2D eigenvalue weighted by Crippen LogP contribution is -2.20. The van der Waals surface area contributed by atoms with Gasteiger partial charge in [0.1, 0.15) is 17.9 Å². The zero-order valence-corrected chi connectivity index (χ0v) is 13.5. The maximum Gasteiger partial charge on any atom is 0.312 e. The highest BCUT2D eigenvalue weighted by molar-refractivity contribution is 5.92. The summed E-state index contributed by atoms with van der Waals surface area (Å²) in [6.45, 7) is 4.35. The number of aromatic nitrogens is 2. The SMILES string of the molecule is CC(=O)Nc1ccc(NC(=O)Cn2nc(C)c([N+](=O)[O-])c2C)cc1. The number of carbonyl (C=O) groups excluding carboxylic acids is 2. The van der Waals surface area contributed by atoms with E-state index in [0.29, 0.717) is 17.1 Å². The summed E-state index contributed by atoms with van der Waals surface area (Å²) in [5.74, 6) is -0.541. The maximum absolute atomic E-state index is 12.1. The van der Waals surface area contributed by atoms with Gasteiger partial charge in [0.15, 0.2) is 0 Å². The van der Waals surface area contributed by atoms with Crippen molar-refractivity contribution >= 4 is 28.9 Å². The number of nitro groups is 1. The summed E-state index contributed by atoms with van der Waals surface area (Å²) in [5.41, 5.74) is 1.68. The lowest BCUT2D eigenvalue weighted by atomic mass is 10.2. The van der Waals surface area contributed by atoms with Crippen LogP contribution in [0.2, 0.25) is 0 Å². The summed E-state index contributed by atoms with van der Waals surface area (Å²) in [5, 5.41) is 20.3. The maximum atomic E-state index is 12.1. The molecule has 126 valence electrons. The summed E-state index contributed by atoms with van der Waals surface area (Å²) >= 11 is 0. The number of rotatable bonds is 5. The van der Waals surface area contributed by atoms with Crippen LogP contribution in [-0.2, 0) is 16.1 Å². The molecule has 1 heterocycles. The van der Waals surface area contributed by atoms with Crippen LogP contribution < -0.4 is 10.6 Å². The number of hydrogen-bond donors (Lipinski definition) is 2. The highest BCUT2D eigenvalue weighted by Gasteiger charge is 2.22. The van der Waals surface area contributed by atoms with Gasteiger partial charge in [-0.1, -0.05) is 0 Å². The second-order valence-corrected chi connectivity index (χ2v) is 5.24. The summed E-state index contributed by atoms with van der Waals surface area (Å²) in [6.07, 6.45) is 0. The molecule has 0 aliphatic heterocycles. The Hall–Kier alpha value is -3.23. The summed E-state index contributed by atoms with van der Waals surface area (Å²) in [7, 11) is 0. The third kappa shape index (κ3) is 3.94. The molecular weight excluding hydrogens is 314 g/mol. The monoisotopic (exact) mass is 331 g/mol. The van der Waals surface area contributed by atoms with Crippen molar-refractivity contribution in [2.24, 2.45) is 0 Å². The average Bonchev–Trinajstić information content (AvgIpc) is 2.74. The van der Waals surface area contributed by atoms with Crippen molar-refractivity contribution in [1.82, 2.24) is 9.78 Å². The quantitative estimate of drug-likeness (QED) is 0.641. The number of benzene rings is 1. The molecule has 1 aromatic heterocycles. The Labute approximate surface area is 137 Å². The zero-order chi connectivity index (χ0) is 17.9. The topological polar surface area (TPSA) is 119 Å². The fraction of sp³-hybridized carbons (Fsp3) is 0.267. The molecule has 0 aliphatic rings. The minimum atomic E-state index is -0.507. The van der Waals surface area contributed by atoms with Crippen molar-refractivity contribution in [3.05, 3.63) is 45.8 Å². The van der Waals surface area contributed by atoms with Crippen molar-refractivity contribution < 1.29 is 14.5 Å². The van der Waals surface area contributed by atoms with Crippen LogP contribution in [-0.4, -0.2) is 26.5 Å². The van der Waals surface area contributed by atoms with Gasteiger partial charge in [0, 0.05) is 18.3 Å². The van der Waals surface area contributed by atoms with Gasteiger partial charge >= 0.3 is 5.69 Å². The zero-order valence-electron chi connectivity index (χ0n) is 13.5. The molecular formula is C15H17N5O4. The van der Waals surface area contributed by atoms with Gasteiger partial charge in [0.05, 0.1) is 4.92 Å². The van der Waals surface area contributed by atoms with Gasteiger partial charge < -0.3 is 10.6 Å². The van der Waals surface area contributed by atoms with E-state index < -0.39 is 4.92 Å². The predicted octanol–water partition coefficient (Wildman–Crippen LogP) is 2.01. The first-order valence-corrected chi connectivity index (χ1v) is 7.14. The Morgan fingerprint density at radius 1 is 1.17 bits per heavy atom. The first kappa shape index (κ1) is 17.1. The molecule has 0 fully saturated rings. The van der Waals surface area contributed by atoms with Crippen molar-refractivity contribution in [1.29, 1.82) is 0 Å². The Bertz CT molecular complexity index is 795. The Balaban J connectivity index is 2.05. The molecule has 1 aromatic carbocycles. The van der Waals surface area contributed by atoms with Gasteiger partial charge in [-0.25, -0.2) is 0 Å². The molecule has 0 bridgehead atoms. The molecule has 0 radical (unpaired) electrons. The second kappa shape index (κ2) is 6.90. The molecule has 0 unspecified atom stereocenters. The first-order valence-electron chi connectivity index (χ1n) is 7.14. The average molecular weight is 331 g/mol. The molecule has 2 aromatic rings. The minimum Gasteiger partial charge on any atom is -0.326 e. The van der Waals surface area contributed by atoms with Crippen molar-refractivity contribution in [2.45, 2.75) is 27.3 Å². The van der Waals surface area contributed by atoms with E-state index >= 15 is 0 Å². The number of aryl methyl sites for hydroxylation is 1. The number of hydrogen-bond acceptors (Lipinski definition) is 5. The summed E-state index contributed by atoms with van der Waals surface area (Å²) < 4.78 is 1.30. The smallest absolute Gasteiger partial charge is 0.312 e. The third-order valence-electron chi connectivity index (χ3n) is 3.31. The number of amides is 2. The number of nitrogens with one attached hydrogen (secondary N) is 2. The van der Waals surface area contributed by atoms with E-state index in [2.05, 4.69) is 15.7 Å². The molecule has 0 aliphatic carbocycles. The fourth-order valence-electron chi connectivity index (χ4n) is 2.28. The lowest BCUT2D eigenvalue weighted by molar-refractivity contribution is -0.386. The number of carbonyl (C=O) groups is 2. The van der Waals surface area contributed by atoms with Crippen LogP contribution in [0.5, 0.6) is 0 Å². The van der Waals surface area contributed by atoms with E-state index in [1.807, 2.05) is 0 Å². The van der Waals surface area contributed by atoms with Gasteiger partial charge in [-0.2, -0.15) is 5.10 Å². The van der Waals surface area contributed by atoms with E-state index in [1.54, 1.807) is 31.2 Å². The van der Waals surface area contributed by atoms with Crippen LogP contribution in [0.4, 0.5) is 17.1 Å². The molecule has 0 saturated heterocycles. The molecule has 9 nitrogen and oxygen atoms in total. The number of anilines is 2. The van der Waals surface area contributed by atoms with Gasteiger partial charge in [0.2, 0.25) is 11.8 Å². The van der Waals surface area contributed by atoms with E-state index in [1.165, 1.54) is 18.5 Å². The summed E-state index contributed by atoms with van der Waals surface area (Å²) in [6, 6.07) is 6.61. The number of nitrogens with zero attached hydrogens (tertiary/aromatic N) is 3. The second-order valence-electron chi connectivity index (χ2n) is 5.24. The Morgan fingerprint density at radius 3 is 2.17 bits per heavy atom. The van der Waals surface area contributed by atoms with Gasteiger partial charge in [-0.15, -0.1) is 0 Å². The van der Waals surface area contributed by atoms with E-state index in [9.17, 15) is 19.7 Å². The van der Waals surface area contributed by atoms with Crippen molar-refractivity contribution in [2.75, 3.05) is 10.6 Å². The molecule has 2 N–H and O–H groups in total. The molecule has 2 rings (SSSR count).